The molecule has 1 aromatic carbocycles. The number of aromatic nitrogens is 1. The van der Waals surface area contributed by atoms with E-state index in [1.54, 1.807) is 11.5 Å². The third-order valence-electron chi connectivity index (χ3n) is 5.72. The first-order valence-electron chi connectivity index (χ1n) is 9.95. The van der Waals surface area contributed by atoms with Gasteiger partial charge in [0.2, 0.25) is 0 Å². The fourth-order valence-electron chi connectivity index (χ4n) is 4.23. The fourth-order valence-corrected chi connectivity index (χ4v) is 5.95. The van der Waals surface area contributed by atoms with Gasteiger partial charge in [-0.05, 0) is 66.6 Å². The van der Waals surface area contributed by atoms with Gasteiger partial charge in [-0.25, -0.2) is 0 Å². The first-order valence-corrected chi connectivity index (χ1v) is 11.6. The molecule has 2 aliphatic heterocycles. The number of rotatable bonds is 5. The molecule has 142 valence electrons. The predicted molar refractivity (Wildman–Crippen MR) is 116 cm³/mol. The quantitative estimate of drug-likeness (QED) is 0.640. The maximum atomic E-state index is 4.73. The van der Waals surface area contributed by atoms with Crippen LogP contribution in [0.3, 0.4) is 0 Å². The topological polar surface area (TPSA) is 22.6 Å². The predicted octanol–water partition coefficient (Wildman–Crippen LogP) is 4.28. The number of hydrogen-bond acceptors (Lipinski definition) is 6. The second-order valence-electron chi connectivity index (χ2n) is 7.67. The molecule has 3 aromatic rings. The van der Waals surface area contributed by atoms with E-state index in [0.717, 1.165) is 39.3 Å². The van der Waals surface area contributed by atoms with Crippen LogP contribution in [0.5, 0.6) is 0 Å². The lowest BCUT2D eigenvalue weighted by Gasteiger charge is -2.34. The van der Waals surface area contributed by atoms with Gasteiger partial charge in [0.05, 0.1) is 4.70 Å². The van der Waals surface area contributed by atoms with Gasteiger partial charge in [0.15, 0.2) is 0 Å². The summed E-state index contributed by atoms with van der Waals surface area (Å²) in [6, 6.07) is 11.0. The Labute approximate surface area is 169 Å². The molecule has 2 fully saturated rings. The zero-order chi connectivity index (χ0) is 18.1. The van der Waals surface area contributed by atoms with Crippen molar-refractivity contribution in [1.82, 2.24) is 14.2 Å². The number of benzene rings is 1. The molecular formula is C21H26N4S2. The smallest absolute Gasteiger partial charge is 0.150 e. The first-order chi connectivity index (χ1) is 13.3. The van der Waals surface area contributed by atoms with E-state index in [0.29, 0.717) is 0 Å². The van der Waals surface area contributed by atoms with Gasteiger partial charge in [0.1, 0.15) is 5.82 Å². The summed E-state index contributed by atoms with van der Waals surface area (Å²) < 4.78 is 6.02. The van der Waals surface area contributed by atoms with Crippen LogP contribution in [0.15, 0.2) is 35.7 Å². The summed E-state index contributed by atoms with van der Waals surface area (Å²) in [4.78, 5) is 9.15. The number of fused-ring (bicyclic) bond motifs is 1. The third-order valence-corrected chi connectivity index (χ3v) is 7.51. The van der Waals surface area contributed by atoms with E-state index in [9.17, 15) is 0 Å². The van der Waals surface area contributed by atoms with Crippen LogP contribution in [0.2, 0.25) is 0 Å². The summed E-state index contributed by atoms with van der Waals surface area (Å²) in [5.74, 6) is 1.18. The second-order valence-corrected chi connectivity index (χ2v) is 9.47. The number of hydrogen-bond donors (Lipinski definition) is 0. The van der Waals surface area contributed by atoms with Crippen LogP contribution in [-0.2, 0) is 13.1 Å². The molecule has 0 aliphatic carbocycles. The van der Waals surface area contributed by atoms with Gasteiger partial charge in [-0.2, -0.15) is 4.37 Å². The highest BCUT2D eigenvalue weighted by molar-refractivity contribution is 7.13. The van der Waals surface area contributed by atoms with Crippen molar-refractivity contribution < 1.29 is 0 Å². The van der Waals surface area contributed by atoms with Crippen LogP contribution in [0.25, 0.3) is 10.1 Å². The normalized spacial score (nSPS) is 19.3. The van der Waals surface area contributed by atoms with Crippen molar-refractivity contribution in [2.75, 3.05) is 44.2 Å². The van der Waals surface area contributed by atoms with Crippen molar-refractivity contribution in [2.24, 2.45) is 0 Å². The second kappa shape index (κ2) is 7.87. The molecule has 0 N–H and O–H groups in total. The minimum absolute atomic E-state index is 1.07. The van der Waals surface area contributed by atoms with Gasteiger partial charge in [-0.3, -0.25) is 9.80 Å². The molecule has 2 saturated heterocycles. The SMILES string of the molecule is c1ccc2c(N3CCN(Cc4cc(CN5CCCC5)cs4)CC3)nsc2c1. The molecule has 5 rings (SSSR count). The average molecular weight is 399 g/mol. The van der Waals surface area contributed by atoms with Gasteiger partial charge in [-0.15, -0.1) is 11.3 Å². The molecule has 0 atom stereocenters. The molecule has 0 unspecified atom stereocenters. The maximum absolute atomic E-state index is 4.73. The molecule has 0 radical (unpaired) electrons. The molecule has 4 heterocycles. The summed E-state index contributed by atoms with van der Waals surface area (Å²) in [5.41, 5.74) is 1.50. The van der Waals surface area contributed by atoms with E-state index >= 15 is 0 Å². The largest absolute Gasteiger partial charge is 0.353 e. The minimum atomic E-state index is 1.07. The van der Waals surface area contributed by atoms with Gasteiger partial charge >= 0.3 is 0 Å². The van der Waals surface area contributed by atoms with Crippen LogP contribution >= 0.6 is 22.9 Å². The Morgan fingerprint density at radius 3 is 2.52 bits per heavy atom. The number of likely N-dealkylation sites (tertiary alicyclic amines) is 1. The lowest BCUT2D eigenvalue weighted by molar-refractivity contribution is 0.251. The van der Waals surface area contributed by atoms with E-state index in [1.807, 2.05) is 11.3 Å². The first kappa shape index (κ1) is 17.6. The highest BCUT2D eigenvalue weighted by atomic mass is 32.1. The number of nitrogens with zero attached hydrogens (tertiary/aromatic N) is 4. The third kappa shape index (κ3) is 3.90. The van der Waals surface area contributed by atoms with Crippen molar-refractivity contribution in [1.29, 1.82) is 0 Å². The molecule has 6 heteroatoms. The summed E-state index contributed by atoms with van der Waals surface area (Å²) in [6.07, 6.45) is 2.74. The number of piperazine rings is 1. The summed E-state index contributed by atoms with van der Waals surface area (Å²) in [7, 11) is 0. The van der Waals surface area contributed by atoms with Crippen LogP contribution in [0, 0.1) is 0 Å². The van der Waals surface area contributed by atoms with Crippen LogP contribution in [-0.4, -0.2) is 53.4 Å². The molecule has 0 spiro atoms. The molecule has 27 heavy (non-hydrogen) atoms. The highest BCUT2D eigenvalue weighted by Gasteiger charge is 2.21. The molecule has 0 bridgehead atoms. The van der Waals surface area contributed by atoms with Crippen molar-refractivity contribution in [3.63, 3.8) is 0 Å². The number of anilines is 1. The van der Waals surface area contributed by atoms with Gasteiger partial charge in [-0.1, -0.05) is 12.1 Å². The van der Waals surface area contributed by atoms with Crippen molar-refractivity contribution in [3.05, 3.63) is 46.2 Å². The Morgan fingerprint density at radius 2 is 1.67 bits per heavy atom. The molecule has 0 amide bonds. The zero-order valence-corrected chi connectivity index (χ0v) is 17.3. The lowest BCUT2D eigenvalue weighted by atomic mass is 10.2. The van der Waals surface area contributed by atoms with Crippen molar-refractivity contribution in [2.45, 2.75) is 25.9 Å². The average Bonchev–Trinajstić information content (AvgIpc) is 3.44. The lowest BCUT2D eigenvalue weighted by Crippen LogP contribution is -2.46. The highest BCUT2D eigenvalue weighted by Crippen LogP contribution is 2.30. The van der Waals surface area contributed by atoms with Gasteiger partial charge in [0.25, 0.3) is 0 Å². The molecule has 4 nitrogen and oxygen atoms in total. The minimum Gasteiger partial charge on any atom is -0.353 e. The summed E-state index contributed by atoms with van der Waals surface area (Å²) in [5, 5.41) is 3.67. The van der Waals surface area contributed by atoms with Crippen LogP contribution < -0.4 is 4.90 Å². The Hall–Kier alpha value is -1.47. The Kier molecular flexibility index (Phi) is 5.14. The van der Waals surface area contributed by atoms with E-state index < -0.39 is 0 Å². The van der Waals surface area contributed by atoms with E-state index in [2.05, 4.69) is 50.4 Å². The van der Waals surface area contributed by atoms with E-state index in [-0.39, 0.29) is 0 Å². The zero-order valence-electron chi connectivity index (χ0n) is 15.6. The Balaban J connectivity index is 1.17. The standard InChI is InChI=1S/C21H26N4S2/c1-2-6-20-19(5-1)21(22-27-20)25-11-9-24(10-12-25)15-18-13-17(16-26-18)14-23-7-3-4-8-23/h1-2,5-6,13,16H,3-4,7-12,14-15H2. The fraction of sp³-hybridized carbons (Fsp3) is 0.476. The van der Waals surface area contributed by atoms with E-state index in [1.165, 1.54) is 52.3 Å². The molecule has 0 saturated carbocycles. The summed E-state index contributed by atoms with van der Waals surface area (Å²) >= 11 is 3.55. The molecular weight excluding hydrogens is 372 g/mol. The molecule has 2 aliphatic rings. The van der Waals surface area contributed by atoms with Crippen LogP contribution in [0.4, 0.5) is 5.82 Å². The van der Waals surface area contributed by atoms with Crippen molar-refractivity contribution in [3.8, 4) is 0 Å². The maximum Gasteiger partial charge on any atom is 0.150 e. The Morgan fingerprint density at radius 1 is 0.889 bits per heavy atom. The monoisotopic (exact) mass is 398 g/mol. The Bertz CT molecular complexity index is 888. The van der Waals surface area contributed by atoms with Crippen molar-refractivity contribution >= 4 is 38.8 Å². The van der Waals surface area contributed by atoms with Gasteiger partial charge < -0.3 is 4.90 Å². The molecule has 2 aromatic heterocycles. The number of thiophene rings is 1. The van der Waals surface area contributed by atoms with E-state index in [4.69, 9.17) is 4.37 Å². The van der Waals surface area contributed by atoms with Gasteiger partial charge in [0, 0.05) is 49.5 Å². The van der Waals surface area contributed by atoms with Crippen LogP contribution in [0.1, 0.15) is 23.3 Å². The summed E-state index contributed by atoms with van der Waals surface area (Å²) in [6.45, 7) is 9.16.